The summed E-state index contributed by atoms with van der Waals surface area (Å²) in [4.78, 5) is 2.22. The summed E-state index contributed by atoms with van der Waals surface area (Å²) in [5.41, 5.74) is 9.02. The van der Waals surface area contributed by atoms with Gasteiger partial charge in [-0.2, -0.15) is 0 Å². The Morgan fingerprint density at radius 3 is 2.76 bits per heavy atom. The van der Waals surface area contributed by atoms with Crippen molar-refractivity contribution in [1.29, 1.82) is 0 Å². The molecule has 0 spiro atoms. The van der Waals surface area contributed by atoms with E-state index in [-0.39, 0.29) is 6.04 Å². The van der Waals surface area contributed by atoms with Crippen molar-refractivity contribution in [3.05, 3.63) is 53.1 Å². The second-order valence-electron chi connectivity index (χ2n) is 5.32. The number of para-hydroxylation sites is 2. The Kier molecular flexibility index (Phi) is 4.04. The van der Waals surface area contributed by atoms with E-state index in [0.717, 1.165) is 47.3 Å². The van der Waals surface area contributed by atoms with Crippen molar-refractivity contribution in [1.82, 2.24) is 0 Å². The first-order chi connectivity index (χ1) is 10.2. The molecule has 21 heavy (non-hydrogen) atoms. The lowest BCUT2D eigenvalue weighted by Gasteiger charge is -2.25. The second kappa shape index (κ2) is 5.96. The summed E-state index contributed by atoms with van der Waals surface area (Å²) in [6.45, 7) is 3.57. The average molecular weight is 303 g/mol. The highest BCUT2D eigenvalue weighted by molar-refractivity contribution is 6.33. The van der Waals surface area contributed by atoms with Crippen molar-refractivity contribution in [2.75, 3.05) is 18.1 Å². The number of nitrogens with two attached hydrogens (primary N) is 1. The first kappa shape index (κ1) is 14.2. The van der Waals surface area contributed by atoms with Gasteiger partial charge in [-0.25, -0.2) is 0 Å². The van der Waals surface area contributed by atoms with Crippen LogP contribution in [0, 0.1) is 0 Å². The van der Waals surface area contributed by atoms with Gasteiger partial charge in [-0.15, -0.1) is 0 Å². The van der Waals surface area contributed by atoms with Crippen molar-refractivity contribution >= 4 is 23.0 Å². The molecule has 2 N–H and O–H groups in total. The lowest BCUT2D eigenvalue weighted by atomic mass is 10.1. The molecule has 0 aromatic heterocycles. The molecule has 1 aliphatic heterocycles. The highest BCUT2D eigenvalue weighted by Gasteiger charge is 2.19. The molecule has 0 radical (unpaired) electrons. The number of rotatable bonds is 2. The van der Waals surface area contributed by atoms with Crippen LogP contribution in [0.3, 0.4) is 0 Å². The van der Waals surface area contributed by atoms with E-state index in [0.29, 0.717) is 0 Å². The largest absolute Gasteiger partial charge is 0.491 e. The van der Waals surface area contributed by atoms with Crippen LogP contribution in [-0.2, 0) is 0 Å². The maximum absolute atomic E-state index is 6.49. The minimum Gasteiger partial charge on any atom is -0.491 e. The van der Waals surface area contributed by atoms with E-state index >= 15 is 0 Å². The fraction of sp³-hybridized carbons (Fsp3) is 0.294. The van der Waals surface area contributed by atoms with Gasteiger partial charge in [-0.05, 0) is 43.2 Å². The van der Waals surface area contributed by atoms with E-state index in [1.165, 1.54) is 0 Å². The fourth-order valence-electron chi connectivity index (χ4n) is 2.60. The molecule has 0 unspecified atom stereocenters. The lowest BCUT2D eigenvalue weighted by molar-refractivity contribution is 0.322. The third-order valence-corrected chi connectivity index (χ3v) is 4.03. The highest BCUT2D eigenvalue weighted by Crippen LogP contribution is 2.39. The van der Waals surface area contributed by atoms with Gasteiger partial charge in [0.2, 0.25) is 0 Å². The molecule has 2 aromatic carbocycles. The molecule has 0 saturated heterocycles. The van der Waals surface area contributed by atoms with Crippen molar-refractivity contribution in [3.8, 4) is 5.75 Å². The Hall–Kier alpha value is -1.71. The minimum absolute atomic E-state index is 0.0173. The molecule has 1 heterocycles. The van der Waals surface area contributed by atoms with Gasteiger partial charge in [0, 0.05) is 12.6 Å². The summed E-state index contributed by atoms with van der Waals surface area (Å²) in [5.74, 6) is 0.905. The van der Waals surface area contributed by atoms with E-state index < -0.39 is 0 Å². The predicted molar refractivity (Wildman–Crippen MR) is 87.6 cm³/mol. The van der Waals surface area contributed by atoms with E-state index in [1.807, 2.05) is 43.3 Å². The van der Waals surface area contributed by atoms with E-state index in [9.17, 15) is 0 Å². The van der Waals surface area contributed by atoms with Crippen LogP contribution in [0.5, 0.6) is 5.75 Å². The molecule has 3 nitrogen and oxygen atoms in total. The molecule has 0 bridgehead atoms. The van der Waals surface area contributed by atoms with Gasteiger partial charge in [0.25, 0.3) is 0 Å². The smallest absolute Gasteiger partial charge is 0.142 e. The molecule has 4 heteroatoms. The second-order valence-corrected chi connectivity index (χ2v) is 5.73. The number of anilines is 2. The Bertz CT molecular complexity index is 642. The van der Waals surface area contributed by atoms with Crippen LogP contribution in [0.15, 0.2) is 42.5 Å². The quantitative estimate of drug-likeness (QED) is 0.900. The van der Waals surface area contributed by atoms with Crippen LogP contribution in [-0.4, -0.2) is 13.2 Å². The van der Waals surface area contributed by atoms with Crippen LogP contribution in [0.1, 0.15) is 24.9 Å². The molecule has 0 saturated carbocycles. The summed E-state index contributed by atoms with van der Waals surface area (Å²) in [6.07, 6.45) is 0.958. The van der Waals surface area contributed by atoms with Gasteiger partial charge in [0.05, 0.1) is 23.0 Å². The standard InChI is InChI=1S/C17H19ClN2O/c1-12(19)13-7-8-15(14(18)11-13)20-9-4-10-21-17-6-3-2-5-16(17)20/h2-3,5-8,11-12H,4,9-10,19H2,1H3/t12-/m1/s1. The number of hydrogen-bond donors (Lipinski definition) is 1. The lowest BCUT2D eigenvalue weighted by Crippen LogP contribution is -2.18. The van der Waals surface area contributed by atoms with E-state index in [2.05, 4.69) is 11.0 Å². The third-order valence-electron chi connectivity index (χ3n) is 3.73. The van der Waals surface area contributed by atoms with Crippen LogP contribution in [0.4, 0.5) is 11.4 Å². The molecular formula is C17H19ClN2O. The number of halogens is 1. The average Bonchev–Trinajstić information content (AvgIpc) is 2.69. The van der Waals surface area contributed by atoms with Gasteiger partial charge < -0.3 is 15.4 Å². The van der Waals surface area contributed by atoms with Gasteiger partial charge in [0.1, 0.15) is 5.75 Å². The molecule has 1 atom stereocenters. The Morgan fingerprint density at radius 2 is 2.00 bits per heavy atom. The summed E-state index contributed by atoms with van der Waals surface area (Å²) in [5, 5.41) is 0.724. The normalized spacial score (nSPS) is 15.9. The first-order valence-electron chi connectivity index (χ1n) is 7.21. The van der Waals surface area contributed by atoms with Crippen LogP contribution >= 0.6 is 11.6 Å². The molecule has 110 valence electrons. The zero-order valence-electron chi connectivity index (χ0n) is 12.1. The monoisotopic (exact) mass is 302 g/mol. The number of nitrogens with zero attached hydrogens (tertiary/aromatic N) is 1. The molecule has 3 rings (SSSR count). The zero-order valence-corrected chi connectivity index (χ0v) is 12.8. The zero-order chi connectivity index (χ0) is 14.8. The molecule has 0 fully saturated rings. The maximum Gasteiger partial charge on any atom is 0.142 e. The summed E-state index contributed by atoms with van der Waals surface area (Å²) < 4.78 is 5.80. The molecule has 1 aliphatic rings. The van der Waals surface area contributed by atoms with Crippen LogP contribution in [0.25, 0.3) is 0 Å². The number of hydrogen-bond acceptors (Lipinski definition) is 3. The highest BCUT2D eigenvalue weighted by atomic mass is 35.5. The van der Waals surface area contributed by atoms with Crippen LogP contribution in [0.2, 0.25) is 5.02 Å². The van der Waals surface area contributed by atoms with Gasteiger partial charge in [0.15, 0.2) is 0 Å². The number of fused-ring (bicyclic) bond motifs is 1. The number of ether oxygens (including phenoxy) is 1. The predicted octanol–water partition coefficient (Wildman–Crippen LogP) is 4.28. The Morgan fingerprint density at radius 1 is 1.19 bits per heavy atom. The summed E-state index contributed by atoms with van der Waals surface area (Å²) >= 11 is 6.49. The molecular weight excluding hydrogens is 284 g/mol. The SMILES string of the molecule is C[C@@H](N)c1ccc(N2CCCOc3ccccc32)c(Cl)c1. The van der Waals surface area contributed by atoms with Gasteiger partial charge in [-0.1, -0.05) is 29.8 Å². The molecule has 0 aliphatic carbocycles. The van der Waals surface area contributed by atoms with Crippen molar-refractivity contribution in [3.63, 3.8) is 0 Å². The van der Waals surface area contributed by atoms with Crippen molar-refractivity contribution in [2.24, 2.45) is 5.73 Å². The third kappa shape index (κ3) is 2.85. The van der Waals surface area contributed by atoms with Crippen LogP contribution < -0.4 is 15.4 Å². The topological polar surface area (TPSA) is 38.5 Å². The van der Waals surface area contributed by atoms with Crippen molar-refractivity contribution in [2.45, 2.75) is 19.4 Å². The Balaban J connectivity index is 2.04. The molecule has 0 amide bonds. The van der Waals surface area contributed by atoms with Crippen molar-refractivity contribution < 1.29 is 4.74 Å². The number of benzene rings is 2. The van der Waals surface area contributed by atoms with Gasteiger partial charge >= 0.3 is 0 Å². The summed E-state index contributed by atoms with van der Waals surface area (Å²) in [6, 6.07) is 14.1. The fourth-order valence-corrected chi connectivity index (χ4v) is 2.89. The minimum atomic E-state index is -0.0173. The Labute approximate surface area is 130 Å². The maximum atomic E-state index is 6.49. The van der Waals surface area contributed by atoms with Gasteiger partial charge in [-0.3, -0.25) is 0 Å². The summed E-state index contributed by atoms with van der Waals surface area (Å²) in [7, 11) is 0. The van der Waals surface area contributed by atoms with E-state index in [1.54, 1.807) is 0 Å². The first-order valence-corrected chi connectivity index (χ1v) is 7.59. The molecule has 2 aromatic rings. The van der Waals surface area contributed by atoms with E-state index in [4.69, 9.17) is 22.1 Å².